The topological polar surface area (TPSA) is 135 Å². The first-order valence-electron chi connectivity index (χ1n) is 4.86. The smallest absolute Gasteiger partial charge is 0.545 e. The molecule has 1 aromatic heterocycles. The first-order valence-corrected chi connectivity index (χ1v) is 4.86. The quantitative estimate of drug-likeness (QED) is 0.567. The van der Waals surface area contributed by atoms with E-state index in [-0.39, 0.29) is 46.2 Å². The Morgan fingerprint density at radius 3 is 1.95 bits per heavy atom. The molecule has 7 nitrogen and oxygen atoms in total. The van der Waals surface area contributed by atoms with E-state index in [1.807, 2.05) is 0 Å². The summed E-state index contributed by atoms with van der Waals surface area (Å²) in [6.45, 7) is 0. The summed E-state index contributed by atoms with van der Waals surface area (Å²) in [5, 5.41) is 18.7. The third kappa shape index (κ3) is 7.59. The molecule has 1 aromatic carbocycles. The van der Waals surface area contributed by atoms with Gasteiger partial charge in [-0.05, 0) is 23.8 Å². The maximum absolute atomic E-state index is 10.4. The minimum atomic E-state index is -1.38. The van der Waals surface area contributed by atoms with Crippen molar-refractivity contribution in [3.8, 4) is 0 Å². The van der Waals surface area contributed by atoms with E-state index >= 15 is 0 Å². The van der Waals surface area contributed by atoms with Crippen molar-refractivity contribution in [1.82, 2.24) is 9.97 Å². The number of rotatable bonds is 2. The molecule has 0 fully saturated rings. The van der Waals surface area contributed by atoms with Gasteiger partial charge < -0.3 is 20.5 Å². The van der Waals surface area contributed by atoms with Gasteiger partial charge in [-0.3, -0.25) is 0 Å². The molecule has 0 aliphatic heterocycles. The van der Waals surface area contributed by atoms with Gasteiger partial charge in [0.05, 0.1) is 11.5 Å². The molecule has 3 N–H and O–H groups in total. The van der Waals surface area contributed by atoms with Crippen molar-refractivity contribution >= 4 is 11.9 Å². The van der Waals surface area contributed by atoms with Crippen LogP contribution in [0.4, 0.5) is 0 Å². The molecular formula is C12H11N2NaO5. The Bertz CT molecular complexity index is 480. The van der Waals surface area contributed by atoms with Gasteiger partial charge in [0.25, 0.3) is 0 Å². The van der Waals surface area contributed by atoms with Crippen LogP contribution in [0.3, 0.4) is 0 Å². The van der Waals surface area contributed by atoms with Crippen molar-refractivity contribution in [2.45, 2.75) is 0 Å². The van der Waals surface area contributed by atoms with E-state index < -0.39 is 11.9 Å². The van der Waals surface area contributed by atoms with Crippen LogP contribution in [0.2, 0.25) is 0 Å². The molecule has 0 radical (unpaired) electrons. The van der Waals surface area contributed by atoms with Crippen LogP contribution < -0.4 is 34.7 Å². The van der Waals surface area contributed by atoms with Gasteiger partial charge in [0.1, 0.15) is 6.33 Å². The van der Waals surface area contributed by atoms with E-state index in [4.69, 9.17) is 5.11 Å². The summed E-state index contributed by atoms with van der Waals surface area (Å²) in [5.41, 5.74) is -0.188. The van der Waals surface area contributed by atoms with Crippen LogP contribution in [0.25, 0.3) is 0 Å². The summed E-state index contributed by atoms with van der Waals surface area (Å²) >= 11 is 0. The molecule has 100 valence electrons. The van der Waals surface area contributed by atoms with Crippen molar-refractivity contribution in [1.29, 1.82) is 0 Å². The first-order chi connectivity index (χ1) is 8.61. The summed E-state index contributed by atoms with van der Waals surface area (Å²) < 4.78 is 0. The molecule has 0 amide bonds. The minimum Gasteiger partial charge on any atom is -0.545 e. The number of aromatic carboxylic acids is 2. The number of carboxylic acids is 2. The fourth-order valence-corrected chi connectivity index (χ4v) is 1.03. The van der Waals surface area contributed by atoms with Crippen LogP contribution in [-0.2, 0) is 0 Å². The van der Waals surface area contributed by atoms with Crippen LogP contribution >= 0.6 is 0 Å². The predicted octanol–water partition coefficient (Wildman–Crippen LogP) is -3.60. The van der Waals surface area contributed by atoms with Gasteiger partial charge in [0.2, 0.25) is 0 Å². The Hall–Kier alpha value is -1.80. The zero-order valence-electron chi connectivity index (χ0n) is 10.7. The second kappa shape index (κ2) is 11.1. The Kier molecular flexibility index (Phi) is 11.3. The summed E-state index contributed by atoms with van der Waals surface area (Å²) in [6.07, 6.45) is 4.88. The molecule has 0 saturated carbocycles. The Morgan fingerprint density at radius 2 is 1.60 bits per heavy atom. The number of carbonyl (C=O) groups excluding carboxylic acids is 1. The maximum atomic E-state index is 10.4. The van der Waals surface area contributed by atoms with Crippen LogP contribution in [0.15, 0.2) is 49.1 Å². The Balaban J connectivity index is 0. The number of carbonyl (C=O) groups is 2. The standard InChI is InChI=1S/C8H6O4.C4H4N2.Na.H2O/c9-7(10)5-2-1-3-6(4-5)8(11)12;1-2-5-4-6-3-1;;/h1-4H,(H,9,10)(H,11,12);1-4H;;1H2/q;;+1;/p-1. The van der Waals surface area contributed by atoms with Gasteiger partial charge >= 0.3 is 35.5 Å². The van der Waals surface area contributed by atoms with Crippen molar-refractivity contribution < 1.29 is 54.8 Å². The summed E-state index contributed by atoms with van der Waals surface area (Å²) in [5.74, 6) is -2.53. The molecule has 1 heterocycles. The fraction of sp³-hybridized carbons (Fsp3) is 0. The SMILES string of the molecule is O.O=C([O-])c1cccc(C(=O)O)c1.[Na+].c1cncnc1. The number of benzene rings is 1. The average molecular weight is 286 g/mol. The van der Waals surface area contributed by atoms with E-state index in [0.717, 1.165) is 6.07 Å². The molecule has 0 aliphatic rings. The van der Waals surface area contributed by atoms with Gasteiger partial charge in [-0.2, -0.15) is 0 Å². The molecule has 8 heteroatoms. The summed E-state index contributed by atoms with van der Waals surface area (Å²) in [6, 6.07) is 6.78. The summed E-state index contributed by atoms with van der Waals surface area (Å²) in [4.78, 5) is 28.0. The minimum absolute atomic E-state index is 0. The third-order valence-corrected chi connectivity index (χ3v) is 1.82. The summed E-state index contributed by atoms with van der Waals surface area (Å²) in [7, 11) is 0. The van der Waals surface area contributed by atoms with Gasteiger partial charge in [-0.1, -0.05) is 12.1 Å². The molecule has 0 spiro atoms. The Morgan fingerprint density at radius 1 is 1.05 bits per heavy atom. The van der Waals surface area contributed by atoms with Crippen molar-refractivity contribution in [2.24, 2.45) is 0 Å². The van der Waals surface area contributed by atoms with Crippen LogP contribution in [0.1, 0.15) is 20.7 Å². The second-order valence-electron chi connectivity index (χ2n) is 3.08. The molecule has 0 bridgehead atoms. The average Bonchev–Trinajstić information content (AvgIpc) is 2.41. The largest absolute Gasteiger partial charge is 1.00 e. The molecule has 0 unspecified atom stereocenters. The fourth-order valence-electron chi connectivity index (χ4n) is 1.03. The van der Waals surface area contributed by atoms with Gasteiger partial charge in [0.15, 0.2) is 0 Å². The van der Waals surface area contributed by atoms with E-state index in [9.17, 15) is 14.7 Å². The molecule has 0 atom stereocenters. The van der Waals surface area contributed by atoms with E-state index in [0.29, 0.717) is 0 Å². The normalized spacial score (nSPS) is 8.00. The number of nitrogens with zero attached hydrogens (tertiary/aromatic N) is 2. The second-order valence-corrected chi connectivity index (χ2v) is 3.08. The number of hydrogen-bond acceptors (Lipinski definition) is 5. The van der Waals surface area contributed by atoms with Crippen molar-refractivity contribution in [2.75, 3.05) is 0 Å². The first kappa shape index (κ1) is 20.5. The Labute approximate surface area is 136 Å². The zero-order valence-corrected chi connectivity index (χ0v) is 12.7. The van der Waals surface area contributed by atoms with E-state index in [1.54, 1.807) is 18.5 Å². The molecule has 2 rings (SSSR count). The van der Waals surface area contributed by atoms with Crippen LogP contribution in [0.5, 0.6) is 0 Å². The van der Waals surface area contributed by atoms with E-state index in [2.05, 4.69) is 9.97 Å². The maximum Gasteiger partial charge on any atom is 1.00 e. The van der Waals surface area contributed by atoms with Crippen LogP contribution in [0, 0.1) is 0 Å². The molecular weight excluding hydrogens is 275 g/mol. The number of aromatic nitrogens is 2. The number of hydrogen-bond donors (Lipinski definition) is 1. The van der Waals surface area contributed by atoms with Crippen molar-refractivity contribution in [3.63, 3.8) is 0 Å². The molecule has 0 saturated heterocycles. The van der Waals surface area contributed by atoms with E-state index in [1.165, 1.54) is 24.5 Å². The third-order valence-electron chi connectivity index (χ3n) is 1.82. The van der Waals surface area contributed by atoms with Crippen molar-refractivity contribution in [3.05, 3.63) is 60.2 Å². The number of carboxylic acid groups (broad SMARTS) is 2. The zero-order chi connectivity index (χ0) is 13.4. The molecule has 20 heavy (non-hydrogen) atoms. The van der Waals surface area contributed by atoms with Gasteiger partial charge in [0, 0.05) is 12.4 Å². The van der Waals surface area contributed by atoms with Crippen LogP contribution in [-0.4, -0.2) is 32.5 Å². The molecule has 2 aromatic rings. The molecule has 0 aliphatic carbocycles. The monoisotopic (exact) mass is 286 g/mol. The predicted molar refractivity (Wildman–Crippen MR) is 63.4 cm³/mol. The van der Waals surface area contributed by atoms with Gasteiger partial charge in [-0.25, -0.2) is 14.8 Å². The van der Waals surface area contributed by atoms with Gasteiger partial charge in [-0.15, -0.1) is 0 Å².